The fraction of sp³-hybridized carbons (Fsp3) is 0.133. The fourth-order valence-electron chi connectivity index (χ4n) is 2.25. The molecule has 0 amide bonds. The van der Waals surface area contributed by atoms with E-state index in [2.05, 4.69) is 14.4 Å². The number of hydrogen-bond acceptors (Lipinski definition) is 3. The van der Waals surface area contributed by atoms with Crippen LogP contribution in [0.2, 0.25) is 5.02 Å². The molecule has 1 saturated heterocycles. The molecule has 0 aliphatic carbocycles. The molecular weight excluding hydrogens is 341 g/mol. The molecule has 0 aromatic heterocycles. The van der Waals surface area contributed by atoms with Gasteiger partial charge in [-0.05, 0) is 23.8 Å². The number of hydrogen-bond donors (Lipinski definition) is 2. The predicted molar refractivity (Wildman–Crippen MR) is 86.9 cm³/mol. The van der Waals surface area contributed by atoms with Gasteiger partial charge in [0.25, 0.3) is 0 Å². The van der Waals surface area contributed by atoms with E-state index in [1.165, 1.54) is 12.1 Å². The van der Waals surface area contributed by atoms with Crippen molar-refractivity contribution in [2.24, 2.45) is 4.99 Å². The van der Waals surface area contributed by atoms with Gasteiger partial charge in [0.05, 0.1) is 6.54 Å². The van der Waals surface area contributed by atoms with E-state index in [1.54, 1.807) is 36.4 Å². The zero-order valence-electron chi connectivity index (χ0n) is 11.8. The van der Waals surface area contributed by atoms with E-state index in [9.17, 15) is 12.8 Å². The summed E-state index contributed by atoms with van der Waals surface area (Å²) in [6.07, 6.45) is 0. The van der Waals surface area contributed by atoms with Crippen LogP contribution < -0.4 is 9.44 Å². The summed E-state index contributed by atoms with van der Waals surface area (Å²) in [5, 5.41) is 0.605. The zero-order chi connectivity index (χ0) is 16.4. The number of rotatable bonds is 3. The molecule has 1 atom stereocenters. The minimum absolute atomic E-state index is 0.157. The smallest absolute Gasteiger partial charge is 0.265 e. The van der Waals surface area contributed by atoms with E-state index in [1.807, 2.05) is 0 Å². The van der Waals surface area contributed by atoms with Crippen LogP contribution in [0.1, 0.15) is 17.2 Å². The van der Waals surface area contributed by atoms with Crippen LogP contribution in [-0.4, -0.2) is 14.3 Å². The van der Waals surface area contributed by atoms with Gasteiger partial charge in [0.2, 0.25) is 0 Å². The van der Waals surface area contributed by atoms with Gasteiger partial charge in [0, 0.05) is 10.6 Å². The van der Waals surface area contributed by atoms with Gasteiger partial charge in [-0.2, -0.15) is 13.1 Å². The Morgan fingerprint density at radius 1 is 1.13 bits per heavy atom. The Morgan fingerprint density at radius 3 is 2.52 bits per heavy atom. The maximum atomic E-state index is 13.9. The molecule has 1 unspecified atom stereocenters. The van der Waals surface area contributed by atoms with Crippen molar-refractivity contribution >= 4 is 27.6 Å². The van der Waals surface area contributed by atoms with Crippen LogP contribution in [0.3, 0.4) is 0 Å². The molecule has 1 aliphatic heterocycles. The third-order valence-corrected chi connectivity index (χ3v) is 4.62. The number of aliphatic imine (C=N–C) groups is 1. The average Bonchev–Trinajstić information content (AvgIpc) is 2.82. The number of nitrogens with one attached hydrogen (secondary N) is 2. The highest BCUT2D eigenvalue weighted by Crippen LogP contribution is 2.22. The first-order valence-corrected chi connectivity index (χ1v) is 8.64. The van der Waals surface area contributed by atoms with Crippen LogP contribution >= 0.6 is 11.6 Å². The monoisotopic (exact) mass is 353 g/mol. The summed E-state index contributed by atoms with van der Waals surface area (Å²) in [5.74, 6) is -0.340. The topological polar surface area (TPSA) is 70.6 Å². The molecule has 1 aliphatic rings. The number of benzene rings is 2. The second kappa shape index (κ2) is 6.27. The lowest BCUT2D eigenvalue weighted by molar-refractivity contribution is 0.576. The first kappa shape index (κ1) is 15.9. The molecule has 1 heterocycles. The van der Waals surface area contributed by atoms with Gasteiger partial charge in [-0.1, -0.05) is 41.9 Å². The van der Waals surface area contributed by atoms with Gasteiger partial charge in [0.15, 0.2) is 0 Å². The highest BCUT2D eigenvalue weighted by Gasteiger charge is 2.35. The van der Waals surface area contributed by atoms with Crippen molar-refractivity contribution in [2.45, 2.75) is 12.6 Å². The maximum absolute atomic E-state index is 13.9. The van der Waals surface area contributed by atoms with Gasteiger partial charge in [0.1, 0.15) is 17.7 Å². The van der Waals surface area contributed by atoms with E-state index in [-0.39, 0.29) is 17.9 Å². The van der Waals surface area contributed by atoms with Crippen LogP contribution in [0.25, 0.3) is 0 Å². The summed E-state index contributed by atoms with van der Waals surface area (Å²) in [6, 6.07) is 12.1. The Bertz CT molecular complexity index is 853. The SMILES string of the molecule is O=S1(=O)NC(=NCc2ccc(Cl)cc2)C(c2ccccc2F)N1. The van der Waals surface area contributed by atoms with Crippen molar-refractivity contribution in [3.8, 4) is 0 Å². The second-order valence-corrected chi connectivity index (χ2v) is 6.89. The largest absolute Gasteiger partial charge is 0.301 e. The van der Waals surface area contributed by atoms with E-state index < -0.39 is 22.1 Å². The zero-order valence-corrected chi connectivity index (χ0v) is 13.4. The lowest BCUT2D eigenvalue weighted by atomic mass is 10.1. The summed E-state index contributed by atoms with van der Waals surface area (Å²) >= 11 is 5.82. The molecule has 3 rings (SSSR count). The fourth-order valence-corrected chi connectivity index (χ4v) is 3.44. The van der Waals surface area contributed by atoms with Crippen molar-refractivity contribution in [3.63, 3.8) is 0 Å². The van der Waals surface area contributed by atoms with Crippen molar-refractivity contribution < 1.29 is 12.8 Å². The van der Waals surface area contributed by atoms with Crippen molar-refractivity contribution in [1.29, 1.82) is 0 Å². The van der Waals surface area contributed by atoms with Crippen LogP contribution in [-0.2, 0) is 16.8 Å². The Labute approximate surface area is 138 Å². The Kier molecular flexibility index (Phi) is 4.34. The summed E-state index contributed by atoms with van der Waals surface area (Å²) in [6.45, 7) is 0.252. The van der Waals surface area contributed by atoms with Gasteiger partial charge in [-0.3, -0.25) is 9.71 Å². The average molecular weight is 354 g/mol. The summed E-state index contributed by atoms with van der Waals surface area (Å²) in [7, 11) is -3.74. The minimum Gasteiger partial charge on any atom is -0.265 e. The van der Waals surface area contributed by atoms with Crippen LogP contribution in [0.5, 0.6) is 0 Å². The molecule has 23 heavy (non-hydrogen) atoms. The highest BCUT2D eigenvalue weighted by atomic mass is 35.5. The normalized spacial score (nSPS) is 21.3. The lowest BCUT2D eigenvalue weighted by Crippen LogP contribution is -2.24. The highest BCUT2D eigenvalue weighted by molar-refractivity contribution is 7.88. The van der Waals surface area contributed by atoms with Gasteiger partial charge >= 0.3 is 10.2 Å². The van der Waals surface area contributed by atoms with Crippen LogP contribution in [0, 0.1) is 5.82 Å². The summed E-state index contributed by atoms with van der Waals surface area (Å²) in [4.78, 5) is 4.27. The van der Waals surface area contributed by atoms with Crippen LogP contribution in [0.4, 0.5) is 4.39 Å². The van der Waals surface area contributed by atoms with E-state index in [0.29, 0.717) is 5.02 Å². The van der Waals surface area contributed by atoms with E-state index in [0.717, 1.165) is 5.56 Å². The standard InChI is InChI=1S/C15H13ClFN3O2S/c16-11-7-5-10(6-8-11)9-18-15-14(19-23(21,22)20-15)12-3-1-2-4-13(12)17/h1-8,14,19H,9H2,(H,18,20). The Morgan fingerprint density at radius 2 is 1.83 bits per heavy atom. The summed E-state index contributed by atoms with van der Waals surface area (Å²) < 4.78 is 42.1. The Balaban J connectivity index is 1.90. The molecular formula is C15H13ClFN3O2S. The molecule has 1 fully saturated rings. The number of nitrogens with zero attached hydrogens (tertiary/aromatic N) is 1. The van der Waals surface area contributed by atoms with Gasteiger partial charge in [-0.15, -0.1) is 0 Å². The quantitative estimate of drug-likeness (QED) is 0.890. The van der Waals surface area contributed by atoms with E-state index in [4.69, 9.17) is 11.6 Å². The van der Waals surface area contributed by atoms with Crippen molar-refractivity contribution in [1.82, 2.24) is 9.44 Å². The molecule has 2 aromatic rings. The molecule has 0 bridgehead atoms. The molecule has 2 aromatic carbocycles. The first-order valence-electron chi connectivity index (χ1n) is 6.78. The molecule has 5 nitrogen and oxygen atoms in total. The second-order valence-electron chi connectivity index (χ2n) is 5.01. The third kappa shape index (κ3) is 3.69. The molecule has 2 N–H and O–H groups in total. The first-order chi connectivity index (χ1) is 10.9. The van der Waals surface area contributed by atoms with Crippen LogP contribution in [0.15, 0.2) is 53.5 Å². The number of amidine groups is 1. The Hall–Kier alpha value is -1.96. The minimum atomic E-state index is -3.74. The molecule has 0 radical (unpaired) electrons. The molecule has 0 spiro atoms. The maximum Gasteiger partial charge on any atom is 0.301 e. The third-order valence-electron chi connectivity index (χ3n) is 3.35. The number of halogens is 2. The molecule has 0 saturated carbocycles. The van der Waals surface area contributed by atoms with Crippen molar-refractivity contribution in [3.05, 3.63) is 70.5 Å². The van der Waals surface area contributed by atoms with Gasteiger partial charge in [-0.25, -0.2) is 4.39 Å². The molecule has 8 heteroatoms. The van der Waals surface area contributed by atoms with Crippen molar-refractivity contribution in [2.75, 3.05) is 0 Å². The van der Waals surface area contributed by atoms with Gasteiger partial charge < -0.3 is 0 Å². The van der Waals surface area contributed by atoms with E-state index >= 15 is 0 Å². The predicted octanol–water partition coefficient (Wildman–Crippen LogP) is 2.56. The summed E-state index contributed by atoms with van der Waals surface area (Å²) in [5.41, 5.74) is 1.08. The molecule has 120 valence electrons. The lowest BCUT2D eigenvalue weighted by Gasteiger charge is -2.10.